The summed E-state index contributed by atoms with van der Waals surface area (Å²) in [6.07, 6.45) is 4.20. The molecule has 0 aromatic carbocycles. The standard InChI is InChI=1S/C9H14/c1-3-8-7-4-6(2)9(8)5-7/h6,9H,3-5H2,1-2H3/t6?,9-/m0/s1. The molecule has 1 saturated carbocycles. The van der Waals surface area contributed by atoms with Crippen LogP contribution >= 0.6 is 0 Å². The van der Waals surface area contributed by atoms with E-state index in [9.17, 15) is 0 Å². The Morgan fingerprint density at radius 1 is 1.44 bits per heavy atom. The summed E-state index contributed by atoms with van der Waals surface area (Å²) in [6.45, 7) is 4.68. The summed E-state index contributed by atoms with van der Waals surface area (Å²) >= 11 is 0. The predicted octanol–water partition coefficient (Wildman–Crippen LogP) is 2.75. The fourth-order valence-corrected chi connectivity index (χ4v) is 2.45. The number of hydrogen-bond donors (Lipinski definition) is 0. The van der Waals surface area contributed by atoms with Crippen LogP contribution in [0.3, 0.4) is 0 Å². The number of fused-ring (bicyclic) bond motifs is 1. The Balaban J connectivity index is 2.20. The minimum atomic E-state index is 0.995. The van der Waals surface area contributed by atoms with Crippen LogP contribution in [0.1, 0.15) is 33.1 Å². The van der Waals surface area contributed by atoms with E-state index in [0.29, 0.717) is 0 Å². The number of allylic oxidation sites excluding steroid dienone is 2. The van der Waals surface area contributed by atoms with Crippen LogP contribution in [0.25, 0.3) is 0 Å². The average Bonchev–Trinajstić information content (AvgIpc) is 2.22. The second kappa shape index (κ2) is 1.62. The maximum Gasteiger partial charge on any atom is -0.0135 e. The Bertz CT molecular complexity index is 165. The Labute approximate surface area is 57.0 Å². The van der Waals surface area contributed by atoms with Gasteiger partial charge in [0.25, 0.3) is 0 Å². The molecule has 2 atom stereocenters. The quantitative estimate of drug-likeness (QED) is 0.469. The molecule has 3 aliphatic carbocycles. The van der Waals surface area contributed by atoms with Crippen molar-refractivity contribution in [3.8, 4) is 0 Å². The minimum Gasteiger partial charge on any atom is -0.0698 e. The van der Waals surface area contributed by atoms with Gasteiger partial charge in [-0.3, -0.25) is 0 Å². The third-order valence-electron chi connectivity index (χ3n) is 3.00. The first-order chi connectivity index (χ1) is 4.33. The van der Waals surface area contributed by atoms with Crippen molar-refractivity contribution in [1.29, 1.82) is 0 Å². The van der Waals surface area contributed by atoms with Gasteiger partial charge in [-0.15, -0.1) is 0 Å². The minimum absolute atomic E-state index is 0.995. The van der Waals surface area contributed by atoms with Crippen molar-refractivity contribution in [3.05, 3.63) is 11.1 Å². The van der Waals surface area contributed by atoms with Crippen molar-refractivity contribution < 1.29 is 0 Å². The molecule has 0 saturated heterocycles. The van der Waals surface area contributed by atoms with Gasteiger partial charge in [0.1, 0.15) is 0 Å². The molecular weight excluding hydrogens is 108 g/mol. The zero-order chi connectivity index (χ0) is 6.43. The molecule has 0 N–H and O–H groups in total. The highest BCUT2D eigenvalue weighted by atomic mass is 14.4. The Morgan fingerprint density at radius 2 is 2.22 bits per heavy atom. The first-order valence-corrected chi connectivity index (χ1v) is 4.03. The molecule has 0 heteroatoms. The topological polar surface area (TPSA) is 0 Å². The molecule has 0 spiro atoms. The van der Waals surface area contributed by atoms with Crippen molar-refractivity contribution in [3.63, 3.8) is 0 Å². The average molecular weight is 122 g/mol. The highest BCUT2D eigenvalue weighted by Gasteiger charge is 2.39. The maximum atomic E-state index is 2.39. The summed E-state index contributed by atoms with van der Waals surface area (Å²) in [7, 11) is 0. The third-order valence-corrected chi connectivity index (χ3v) is 3.00. The number of hydrogen-bond acceptors (Lipinski definition) is 0. The van der Waals surface area contributed by atoms with Crippen molar-refractivity contribution in [2.24, 2.45) is 11.8 Å². The van der Waals surface area contributed by atoms with Crippen LogP contribution in [0.15, 0.2) is 11.1 Å². The van der Waals surface area contributed by atoms with Crippen LogP contribution in [0.4, 0.5) is 0 Å². The fourth-order valence-electron chi connectivity index (χ4n) is 2.45. The van der Waals surface area contributed by atoms with E-state index in [1.54, 1.807) is 5.57 Å². The monoisotopic (exact) mass is 122 g/mol. The van der Waals surface area contributed by atoms with Crippen LogP contribution in [0.5, 0.6) is 0 Å². The molecule has 0 aliphatic heterocycles. The molecule has 3 rings (SSSR count). The summed E-state index contributed by atoms with van der Waals surface area (Å²) in [4.78, 5) is 0. The molecule has 1 fully saturated rings. The van der Waals surface area contributed by atoms with Crippen molar-refractivity contribution in [2.45, 2.75) is 33.1 Å². The van der Waals surface area contributed by atoms with Gasteiger partial charge in [0.15, 0.2) is 0 Å². The SMILES string of the molecule is CCC1=C2CC(C)[C@@H]1C2. The predicted molar refractivity (Wildman–Crippen MR) is 39.2 cm³/mol. The molecule has 0 nitrogen and oxygen atoms in total. The van der Waals surface area contributed by atoms with Gasteiger partial charge in [0.2, 0.25) is 0 Å². The Hall–Kier alpha value is -0.260. The van der Waals surface area contributed by atoms with E-state index >= 15 is 0 Å². The first-order valence-electron chi connectivity index (χ1n) is 4.03. The second-order valence-electron chi connectivity index (χ2n) is 3.47. The van der Waals surface area contributed by atoms with Gasteiger partial charge in [0.05, 0.1) is 0 Å². The van der Waals surface area contributed by atoms with Crippen molar-refractivity contribution >= 4 is 0 Å². The molecule has 0 heterocycles. The summed E-state index contributed by atoms with van der Waals surface area (Å²) < 4.78 is 0. The normalized spacial score (nSPS) is 39.3. The Kier molecular flexibility index (Phi) is 0.992. The fraction of sp³-hybridized carbons (Fsp3) is 0.778. The molecular formula is C9H14. The van der Waals surface area contributed by atoms with E-state index in [1.807, 2.05) is 5.57 Å². The van der Waals surface area contributed by atoms with E-state index in [2.05, 4.69) is 13.8 Å². The van der Waals surface area contributed by atoms with Gasteiger partial charge in [0, 0.05) is 0 Å². The van der Waals surface area contributed by atoms with Gasteiger partial charge in [-0.05, 0) is 31.1 Å². The van der Waals surface area contributed by atoms with Gasteiger partial charge in [-0.1, -0.05) is 25.0 Å². The van der Waals surface area contributed by atoms with Crippen LogP contribution in [-0.2, 0) is 0 Å². The molecule has 1 unspecified atom stereocenters. The summed E-state index contributed by atoms with van der Waals surface area (Å²) in [5.74, 6) is 2.01. The van der Waals surface area contributed by atoms with Gasteiger partial charge in [-0.25, -0.2) is 0 Å². The molecule has 2 bridgehead atoms. The van der Waals surface area contributed by atoms with Crippen LogP contribution in [-0.4, -0.2) is 0 Å². The number of rotatable bonds is 1. The third kappa shape index (κ3) is 0.540. The van der Waals surface area contributed by atoms with E-state index < -0.39 is 0 Å². The first kappa shape index (κ1) is 5.52. The lowest BCUT2D eigenvalue weighted by atomic mass is 9.81. The largest absolute Gasteiger partial charge is 0.0698 e. The lowest BCUT2D eigenvalue weighted by molar-refractivity contribution is 0.465. The van der Waals surface area contributed by atoms with Crippen LogP contribution in [0.2, 0.25) is 0 Å². The Morgan fingerprint density at radius 3 is 2.44 bits per heavy atom. The zero-order valence-electron chi connectivity index (χ0n) is 6.28. The molecule has 0 aromatic rings. The van der Waals surface area contributed by atoms with Crippen LogP contribution < -0.4 is 0 Å². The summed E-state index contributed by atoms with van der Waals surface area (Å²) in [5, 5.41) is 0. The highest BCUT2D eigenvalue weighted by molar-refractivity contribution is 5.35. The van der Waals surface area contributed by atoms with Gasteiger partial charge < -0.3 is 0 Å². The summed E-state index contributed by atoms with van der Waals surface area (Å²) in [6, 6.07) is 0. The molecule has 0 amide bonds. The molecule has 3 aliphatic rings. The summed E-state index contributed by atoms with van der Waals surface area (Å²) in [5.41, 5.74) is 3.61. The van der Waals surface area contributed by atoms with Gasteiger partial charge in [-0.2, -0.15) is 0 Å². The van der Waals surface area contributed by atoms with Crippen LogP contribution in [0, 0.1) is 11.8 Å². The smallest absolute Gasteiger partial charge is 0.0135 e. The zero-order valence-corrected chi connectivity index (χ0v) is 6.28. The highest BCUT2D eigenvalue weighted by Crippen LogP contribution is 2.52. The van der Waals surface area contributed by atoms with E-state index in [0.717, 1.165) is 11.8 Å². The van der Waals surface area contributed by atoms with Crippen molar-refractivity contribution in [1.82, 2.24) is 0 Å². The van der Waals surface area contributed by atoms with E-state index in [1.165, 1.54) is 19.3 Å². The molecule has 9 heavy (non-hydrogen) atoms. The maximum absolute atomic E-state index is 2.39. The second-order valence-corrected chi connectivity index (χ2v) is 3.47. The lowest BCUT2D eigenvalue weighted by Crippen LogP contribution is -2.11. The van der Waals surface area contributed by atoms with E-state index in [4.69, 9.17) is 0 Å². The van der Waals surface area contributed by atoms with Gasteiger partial charge >= 0.3 is 0 Å². The lowest BCUT2D eigenvalue weighted by Gasteiger charge is -2.24. The molecule has 0 radical (unpaired) electrons. The van der Waals surface area contributed by atoms with E-state index in [-0.39, 0.29) is 0 Å². The molecule has 50 valence electrons. The molecule has 0 aromatic heterocycles. The van der Waals surface area contributed by atoms with Crippen molar-refractivity contribution in [2.75, 3.05) is 0 Å².